The Bertz CT molecular complexity index is 590. The van der Waals surface area contributed by atoms with E-state index in [1.807, 2.05) is 18.2 Å². The number of halogens is 3. The third-order valence-electron chi connectivity index (χ3n) is 2.64. The van der Waals surface area contributed by atoms with Crippen LogP contribution in [0.3, 0.4) is 0 Å². The van der Waals surface area contributed by atoms with Crippen LogP contribution in [0.15, 0.2) is 40.9 Å². The van der Waals surface area contributed by atoms with Crippen molar-refractivity contribution in [3.05, 3.63) is 58.1 Å². The molecule has 0 saturated carbocycles. The molecular weight excluding hydrogens is 316 g/mol. The Morgan fingerprint density at radius 3 is 2.58 bits per heavy atom. The van der Waals surface area contributed by atoms with Crippen molar-refractivity contribution in [2.45, 2.75) is 6.54 Å². The summed E-state index contributed by atoms with van der Waals surface area (Å²) in [5.74, 6) is -0.966. The molecule has 2 aromatic rings. The lowest BCUT2D eigenvalue weighted by Crippen LogP contribution is -2.01. The average molecular weight is 328 g/mol. The van der Waals surface area contributed by atoms with Crippen molar-refractivity contribution in [2.75, 3.05) is 12.4 Å². The van der Waals surface area contributed by atoms with Crippen LogP contribution < -0.4 is 10.1 Å². The van der Waals surface area contributed by atoms with Crippen molar-refractivity contribution in [2.24, 2.45) is 0 Å². The van der Waals surface area contributed by atoms with Gasteiger partial charge < -0.3 is 10.1 Å². The highest BCUT2D eigenvalue weighted by atomic mass is 79.9. The molecule has 0 amide bonds. The molecule has 5 heteroatoms. The molecule has 0 unspecified atom stereocenters. The van der Waals surface area contributed by atoms with Crippen LogP contribution in [0.5, 0.6) is 5.75 Å². The summed E-state index contributed by atoms with van der Waals surface area (Å²) in [6.07, 6.45) is 0. The van der Waals surface area contributed by atoms with E-state index < -0.39 is 11.6 Å². The van der Waals surface area contributed by atoms with Crippen molar-refractivity contribution in [3.63, 3.8) is 0 Å². The van der Waals surface area contributed by atoms with E-state index in [1.54, 1.807) is 13.2 Å². The van der Waals surface area contributed by atoms with Crippen LogP contribution >= 0.6 is 15.9 Å². The Hall–Kier alpha value is -1.62. The summed E-state index contributed by atoms with van der Waals surface area (Å²) in [4.78, 5) is 0. The predicted molar refractivity (Wildman–Crippen MR) is 74.4 cm³/mol. The van der Waals surface area contributed by atoms with Gasteiger partial charge in [-0.15, -0.1) is 0 Å². The number of benzene rings is 2. The monoisotopic (exact) mass is 327 g/mol. The Labute approximate surface area is 118 Å². The molecule has 1 N–H and O–H groups in total. The number of methoxy groups -OCH3 is 1. The van der Waals surface area contributed by atoms with Crippen LogP contribution in [-0.2, 0) is 6.54 Å². The number of nitrogens with one attached hydrogen (secondary N) is 1. The summed E-state index contributed by atoms with van der Waals surface area (Å²) in [6.45, 7) is 0.392. The second-order valence-electron chi connectivity index (χ2n) is 3.95. The highest BCUT2D eigenvalue weighted by Gasteiger charge is 2.05. The largest absolute Gasteiger partial charge is 0.497 e. The summed E-state index contributed by atoms with van der Waals surface area (Å²) >= 11 is 3.41. The van der Waals surface area contributed by atoms with Gasteiger partial charge in [-0.2, -0.15) is 0 Å². The highest BCUT2D eigenvalue weighted by Crippen LogP contribution is 2.27. The molecule has 100 valence electrons. The van der Waals surface area contributed by atoms with Gasteiger partial charge in [0.25, 0.3) is 0 Å². The van der Waals surface area contributed by atoms with Gasteiger partial charge in [0, 0.05) is 17.1 Å². The number of rotatable bonds is 4. The lowest BCUT2D eigenvalue weighted by atomic mass is 10.2. The summed E-state index contributed by atoms with van der Waals surface area (Å²) < 4.78 is 31.9. The smallest absolute Gasteiger partial charge is 0.159 e. The van der Waals surface area contributed by atoms with Gasteiger partial charge in [0.05, 0.1) is 12.8 Å². The van der Waals surface area contributed by atoms with E-state index in [2.05, 4.69) is 21.2 Å². The SMILES string of the molecule is COc1ccc(Br)c(NCc2ccc(F)c(F)c2)c1. The first-order chi connectivity index (χ1) is 9.10. The standard InChI is InChI=1S/C14H12BrF2NO/c1-19-10-3-4-11(15)14(7-10)18-8-9-2-5-12(16)13(17)6-9/h2-7,18H,8H2,1H3. The van der Waals surface area contributed by atoms with Crippen LogP contribution in [0, 0.1) is 11.6 Å². The zero-order valence-electron chi connectivity index (χ0n) is 10.2. The predicted octanol–water partition coefficient (Wildman–Crippen LogP) is 4.35. The lowest BCUT2D eigenvalue weighted by Gasteiger charge is -2.10. The van der Waals surface area contributed by atoms with Gasteiger partial charge in [-0.05, 0) is 45.8 Å². The average Bonchev–Trinajstić information content (AvgIpc) is 2.41. The molecule has 0 aliphatic rings. The van der Waals surface area contributed by atoms with Gasteiger partial charge in [-0.1, -0.05) is 6.07 Å². The maximum Gasteiger partial charge on any atom is 0.159 e. The minimum atomic E-state index is -0.844. The second-order valence-corrected chi connectivity index (χ2v) is 4.80. The van der Waals surface area contributed by atoms with Gasteiger partial charge in [0.1, 0.15) is 5.75 Å². The third-order valence-corrected chi connectivity index (χ3v) is 3.33. The van der Waals surface area contributed by atoms with Crippen LogP contribution in [-0.4, -0.2) is 7.11 Å². The molecular formula is C14H12BrF2NO. The van der Waals surface area contributed by atoms with Crippen LogP contribution in [0.2, 0.25) is 0 Å². The molecule has 0 aliphatic carbocycles. The van der Waals surface area contributed by atoms with Crippen LogP contribution in [0.4, 0.5) is 14.5 Å². The zero-order valence-corrected chi connectivity index (χ0v) is 11.8. The van der Waals surface area contributed by atoms with E-state index in [9.17, 15) is 8.78 Å². The maximum absolute atomic E-state index is 13.1. The van der Waals surface area contributed by atoms with E-state index in [0.29, 0.717) is 12.1 Å². The number of ether oxygens (including phenoxy) is 1. The van der Waals surface area contributed by atoms with Crippen LogP contribution in [0.25, 0.3) is 0 Å². The Kier molecular flexibility index (Phi) is 4.37. The first kappa shape index (κ1) is 13.8. The maximum atomic E-state index is 13.1. The number of hydrogen-bond donors (Lipinski definition) is 1. The molecule has 0 aromatic heterocycles. The van der Waals surface area contributed by atoms with Crippen LogP contribution in [0.1, 0.15) is 5.56 Å². The van der Waals surface area contributed by atoms with E-state index in [0.717, 1.165) is 22.0 Å². The summed E-state index contributed by atoms with van der Waals surface area (Å²) in [5.41, 5.74) is 1.48. The zero-order chi connectivity index (χ0) is 13.8. The molecule has 0 radical (unpaired) electrons. The normalized spacial score (nSPS) is 10.3. The van der Waals surface area contributed by atoms with E-state index >= 15 is 0 Å². The Morgan fingerprint density at radius 1 is 1.11 bits per heavy atom. The minimum Gasteiger partial charge on any atom is -0.497 e. The molecule has 0 heterocycles. The molecule has 0 saturated heterocycles. The fourth-order valence-corrected chi connectivity index (χ4v) is 2.00. The van der Waals surface area contributed by atoms with Crippen molar-refractivity contribution < 1.29 is 13.5 Å². The fourth-order valence-electron chi connectivity index (χ4n) is 1.61. The molecule has 0 spiro atoms. The summed E-state index contributed by atoms with van der Waals surface area (Å²) in [5, 5.41) is 3.13. The molecule has 0 aliphatic heterocycles. The molecule has 2 nitrogen and oxygen atoms in total. The number of anilines is 1. The molecule has 19 heavy (non-hydrogen) atoms. The van der Waals surface area contributed by atoms with E-state index in [1.165, 1.54) is 6.07 Å². The molecule has 2 rings (SSSR count). The Balaban J connectivity index is 2.11. The molecule has 0 fully saturated rings. The van der Waals surface area contributed by atoms with Gasteiger partial charge in [0.2, 0.25) is 0 Å². The van der Waals surface area contributed by atoms with Crippen molar-refractivity contribution >= 4 is 21.6 Å². The molecule has 0 atom stereocenters. The third kappa shape index (κ3) is 3.44. The van der Waals surface area contributed by atoms with Crippen molar-refractivity contribution in [1.29, 1.82) is 0 Å². The van der Waals surface area contributed by atoms with Crippen molar-refractivity contribution in [1.82, 2.24) is 0 Å². The Morgan fingerprint density at radius 2 is 1.89 bits per heavy atom. The van der Waals surface area contributed by atoms with Gasteiger partial charge in [-0.3, -0.25) is 0 Å². The lowest BCUT2D eigenvalue weighted by molar-refractivity contribution is 0.415. The van der Waals surface area contributed by atoms with E-state index in [4.69, 9.17) is 4.74 Å². The summed E-state index contributed by atoms with van der Waals surface area (Å²) in [6, 6.07) is 9.34. The first-order valence-corrected chi connectivity index (χ1v) is 6.41. The molecule has 0 bridgehead atoms. The second kappa shape index (κ2) is 6.02. The van der Waals surface area contributed by atoms with E-state index in [-0.39, 0.29) is 0 Å². The topological polar surface area (TPSA) is 21.3 Å². The van der Waals surface area contributed by atoms with Gasteiger partial charge >= 0.3 is 0 Å². The number of hydrogen-bond acceptors (Lipinski definition) is 2. The fraction of sp³-hybridized carbons (Fsp3) is 0.143. The van der Waals surface area contributed by atoms with Crippen molar-refractivity contribution in [3.8, 4) is 5.75 Å². The summed E-state index contributed by atoms with van der Waals surface area (Å²) in [7, 11) is 1.59. The highest BCUT2D eigenvalue weighted by molar-refractivity contribution is 9.10. The quantitative estimate of drug-likeness (QED) is 0.901. The van der Waals surface area contributed by atoms with Gasteiger partial charge in [-0.25, -0.2) is 8.78 Å². The van der Waals surface area contributed by atoms with Gasteiger partial charge in [0.15, 0.2) is 11.6 Å². The minimum absolute atomic E-state index is 0.392. The molecule has 2 aromatic carbocycles. The first-order valence-electron chi connectivity index (χ1n) is 5.61.